The zero-order valence-electron chi connectivity index (χ0n) is 9.15. The first-order valence-corrected chi connectivity index (χ1v) is 6.21. The van der Waals surface area contributed by atoms with E-state index >= 15 is 0 Å². The van der Waals surface area contributed by atoms with Crippen molar-refractivity contribution in [3.63, 3.8) is 0 Å². The molecular weight excluding hydrogens is 318 g/mol. The molecule has 0 atom stereocenters. The van der Waals surface area contributed by atoms with Gasteiger partial charge in [0.1, 0.15) is 5.82 Å². The van der Waals surface area contributed by atoms with Crippen LogP contribution >= 0.6 is 27.5 Å². The molecule has 1 amide bonds. The zero-order chi connectivity index (χ0) is 13.1. The van der Waals surface area contributed by atoms with Crippen LogP contribution in [0.15, 0.2) is 41.0 Å². The SMILES string of the molecule is Nc1ccc(NC(=O)c2ccc(Cl)cc2Br)cn1. The Morgan fingerprint density at radius 2 is 2.11 bits per heavy atom. The molecule has 1 aromatic carbocycles. The molecule has 0 saturated carbocycles. The Morgan fingerprint density at radius 1 is 1.33 bits per heavy atom. The number of carbonyl (C=O) groups is 1. The lowest BCUT2D eigenvalue weighted by Crippen LogP contribution is -2.12. The van der Waals surface area contributed by atoms with E-state index in [2.05, 4.69) is 26.2 Å². The number of nitrogens with two attached hydrogens (primary N) is 1. The van der Waals surface area contributed by atoms with E-state index in [1.54, 1.807) is 30.3 Å². The average molecular weight is 327 g/mol. The predicted octanol–water partition coefficient (Wildman–Crippen LogP) is 3.33. The fourth-order valence-corrected chi connectivity index (χ4v) is 2.21. The van der Waals surface area contributed by atoms with E-state index in [0.717, 1.165) is 0 Å². The Hall–Kier alpha value is -1.59. The van der Waals surface area contributed by atoms with Crippen LogP contribution in [0.3, 0.4) is 0 Å². The number of carbonyl (C=O) groups excluding carboxylic acids is 1. The van der Waals surface area contributed by atoms with Gasteiger partial charge in [0.2, 0.25) is 0 Å². The van der Waals surface area contributed by atoms with Crippen molar-refractivity contribution >= 4 is 44.9 Å². The van der Waals surface area contributed by atoms with Gasteiger partial charge in [-0.15, -0.1) is 0 Å². The van der Waals surface area contributed by atoms with Crippen molar-refractivity contribution in [2.75, 3.05) is 11.1 Å². The highest BCUT2D eigenvalue weighted by atomic mass is 79.9. The van der Waals surface area contributed by atoms with Gasteiger partial charge in [0.25, 0.3) is 5.91 Å². The van der Waals surface area contributed by atoms with E-state index < -0.39 is 0 Å². The first kappa shape index (κ1) is 12.9. The second kappa shape index (κ2) is 5.37. The number of aromatic nitrogens is 1. The van der Waals surface area contributed by atoms with Crippen molar-refractivity contribution in [1.82, 2.24) is 4.98 Å². The predicted molar refractivity (Wildman–Crippen MR) is 75.8 cm³/mol. The van der Waals surface area contributed by atoms with E-state index in [0.29, 0.717) is 26.6 Å². The van der Waals surface area contributed by atoms with Gasteiger partial charge in [-0.2, -0.15) is 0 Å². The number of anilines is 2. The van der Waals surface area contributed by atoms with Gasteiger partial charge in [0.15, 0.2) is 0 Å². The third-order valence-electron chi connectivity index (χ3n) is 2.22. The van der Waals surface area contributed by atoms with Crippen LogP contribution in [-0.4, -0.2) is 10.9 Å². The van der Waals surface area contributed by atoms with Crippen molar-refractivity contribution in [2.45, 2.75) is 0 Å². The van der Waals surface area contributed by atoms with Crippen molar-refractivity contribution < 1.29 is 4.79 Å². The molecule has 92 valence electrons. The molecule has 6 heteroatoms. The summed E-state index contributed by atoms with van der Waals surface area (Å²) in [4.78, 5) is 15.9. The number of nitrogens with zero attached hydrogens (tertiary/aromatic N) is 1. The van der Waals surface area contributed by atoms with Gasteiger partial charge < -0.3 is 11.1 Å². The van der Waals surface area contributed by atoms with Crippen molar-refractivity contribution in [2.24, 2.45) is 0 Å². The number of nitrogens with one attached hydrogen (secondary N) is 1. The van der Waals surface area contributed by atoms with Crippen LogP contribution in [0.4, 0.5) is 11.5 Å². The van der Waals surface area contributed by atoms with Crippen LogP contribution in [0.1, 0.15) is 10.4 Å². The monoisotopic (exact) mass is 325 g/mol. The third-order valence-corrected chi connectivity index (χ3v) is 3.11. The van der Waals surface area contributed by atoms with Gasteiger partial charge in [-0.05, 0) is 46.3 Å². The Kier molecular flexibility index (Phi) is 3.84. The largest absolute Gasteiger partial charge is 0.384 e. The maximum Gasteiger partial charge on any atom is 0.256 e. The molecule has 2 aromatic rings. The second-order valence-corrected chi connectivity index (χ2v) is 4.84. The number of rotatable bonds is 2. The van der Waals surface area contributed by atoms with Gasteiger partial charge in [0, 0.05) is 9.50 Å². The summed E-state index contributed by atoms with van der Waals surface area (Å²) in [5, 5.41) is 3.28. The van der Waals surface area contributed by atoms with Crippen molar-refractivity contribution in [3.8, 4) is 0 Å². The van der Waals surface area contributed by atoms with Crippen molar-refractivity contribution in [1.29, 1.82) is 0 Å². The average Bonchev–Trinajstić information content (AvgIpc) is 2.32. The molecule has 0 spiro atoms. The number of pyridine rings is 1. The lowest BCUT2D eigenvalue weighted by molar-refractivity contribution is 0.102. The number of amides is 1. The summed E-state index contributed by atoms with van der Waals surface area (Å²) < 4.78 is 0.635. The summed E-state index contributed by atoms with van der Waals surface area (Å²) in [7, 11) is 0. The highest BCUT2D eigenvalue weighted by molar-refractivity contribution is 9.10. The molecule has 0 fully saturated rings. The van der Waals surface area contributed by atoms with Crippen LogP contribution in [0, 0.1) is 0 Å². The maximum atomic E-state index is 12.0. The maximum absolute atomic E-state index is 12.0. The van der Waals surface area contributed by atoms with Gasteiger partial charge >= 0.3 is 0 Å². The molecule has 0 saturated heterocycles. The van der Waals surface area contributed by atoms with Gasteiger partial charge in [-0.3, -0.25) is 4.79 Å². The zero-order valence-corrected chi connectivity index (χ0v) is 11.5. The van der Waals surface area contributed by atoms with Crippen LogP contribution in [0.25, 0.3) is 0 Å². The second-order valence-electron chi connectivity index (χ2n) is 3.55. The quantitative estimate of drug-likeness (QED) is 0.889. The topological polar surface area (TPSA) is 68.0 Å². The Labute approximate surface area is 117 Å². The third kappa shape index (κ3) is 3.00. The number of halogens is 2. The number of hydrogen-bond acceptors (Lipinski definition) is 3. The molecule has 0 bridgehead atoms. The summed E-state index contributed by atoms with van der Waals surface area (Å²) in [6.07, 6.45) is 1.50. The van der Waals surface area contributed by atoms with Gasteiger partial charge in [-0.25, -0.2) is 4.98 Å². The molecule has 1 aromatic heterocycles. The summed E-state index contributed by atoms with van der Waals surface area (Å²) in [5.41, 5.74) is 6.54. The summed E-state index contributed by atoms with van der Waals surface area (Å²) in [5.74, 6) is 0.158. The Bertz CT molecular complexity index is 586. The smallest absolute Gasteiger partial charge is 0.256 e. The minimum atomic E-state index is -0.245. The first-order chi connectivity index (χ1) is 8.56. The fourth-order valence-electron chi connectivity index (χ4n) is 1.35. The van der Waals surface area contributed by atoms with E-state index in [1.165, 1.54) is 6.20 Å². The van der Waals surface area contributed by atoms with Gasteiger partial charge in [0.05, 0.1) is 17.4 Å². The van der Waals surface area contributed by atoms with Gasteiger partial charge in [-0.1, -0.05) is 11.6 Å². The molecular formula is C12H9BrClN3O. The summed E-state index contributed by atoms with van der Waals surface area (Å²) >= 11 is 9.11. The molecule has 18 heavy (non-hydrogen) atoms. The lowest BCUT2D eigenvalue weighted by atomic mass is 10.2. The minimum absolute atomic E-state index is 0.245. The summed E-state index contributed by atoms with van der Waals surface area (Å²) in [6, 6.07) is 8.27. The fraction of sp³-hybridized carbons (Fsp3) is 0. The molecule has 3 N–H and O–H groups in total. The molecule has 4 nitrogen and oxygen atoms in total. The Balaban J connectivity index is 2.19. The highest BCUT2D eigenvalue weighted by Gasteiger charge is 2.10. The molecule has 2 rings (SSSR count). The van der Waals surface area contributed by atoms with Crippen LogP contribution in [-0.2, 0) is 0 Å². The number of nitrogen functional groups attached to an aromatic ring is 1. The van der Waals surface area contributed by atoms with E-state index in [9.17, 15) is 4.79 Å². The minimum Gasteiger partial charge on any atom is -0.384 e. The van der Waals surface area contributed by atoms with E-state index in [-0.39, 0.29) is 5.91 Å². The number of hydrogen-bond donors (Lipinski definition) is 2. The molecule has 0 aliphatic carbocycles. The van der Waals surface area contributed by atoms with Crippen LogP contribution in [0.2, 0.25) is 5.02 Å². The molecule has 0 unspecified atom stereocenters. The van der Waals surface area contributed by atoms with Crippen LogP contribution < -0.4 is 11.1 Å². The molecule has 1 heterocycles. The first-order valence-electron chi connectivity index (χ1n) is 5.04. The Morgan fingerprint density at radius 3 is 2.72 bits per heavy atom. The van der Waals surface area contributed by atoms with Crippen LogP contribution in [0.5, 0.6) is 0 Å². The highest BCUT2D eigenvalue weighted by Crippen LogP contribution is 2.22. The normalized spacial score (nSPS) is 10.1. The summed E-state index contributed by atoms with van der Waals surface area (Å²) in [6.45, 7) is 0. The van der Waals surface area contributed by atoms with E-state index in [4.69, 9.17) is 17.3 Å². The molecule has 0 radical (unpaired) electrons. The van der Waals surface area contributed by atoms with Crippen molar-refractivity contribution in [3.05, 3.63) is 51.6 Å². The standard InChI is InChI=1S/C12H9BrClN3O/c13-10-5-7(14)1-3-9(10)12(18)17-8-2-4-11(15)16-6-8/h1-6H,(H2,15,16)(H,17,18). The van der Waals surface area contributed by atoms with E-state index in [1.807, 2.05) is 0 Å². The molecule has 0 aliphatic rings. The molecule has 0 aliphatic heterocycles. The lowest BCUT2D eigenvalue weighted by Gasteiger charge is -2.07. The number of benzene rings is 1.